The number of carbonyl (C=O) groups excluding carboxylic acids is 1. The van der Waals surface area contributed by atoms with E-state index in [0.29, 0.717) is 11.8 Å². The van der Waals surface area contributed by atoms with E-state index in [2.05, 4.69) is 0 Å². The Bertz CT molecular complexity index is 46.8. The smallest absolute Gasteiger partial charge is 0.538 e. The number of hydrogen-bond acceptors (Lipinski definition) is 3. The average molecular weight is 130 g/mol. The molecule has 0 radical (unpaired) electrons. The Morgan fingerprint density at radius 3 is 2.00 bits per heavy atom. The Labute approximate surface area is 83.1 Å². The van der Waals surface area contributed by atoms with E-state index in [0.717, 1.165) is 0 Å². The maximum Gasteiger partial charge on any atom is 1.00 e. The van der Waals surface area contributed by atoms with Crippen LogP contribution >= 0.6 is 11.8 Å². The molecule has 0 atom stereocenters. The first-order valence-electron chi connectivity index (χ1n) is 1.02. The Balaban J connectivity index is 0. The van der Waals surface area contributed by atoms with Gasteiger partial charge in [0.1, 0.15) is 0 Å². The fourth-order valence-corrected chi connectivity index (χ4v) is 0. The summed E-state index contributed by atoms with van der Waals surface area (Å²) in [6.45, 7) is 0. The summed E-state index contributed by atoms with van der Waals surface area (Å²) in [5.41, 5.74) is 0. The van der Waals surface area contributed by atoms with Gasteiger partial charge in [-0.25, -0.2) is 0 Å². The first-order chi connectivity index (χ1) is 2.27. The second-order valence-corrected chi connectivity index (χ2v) is 1.20. The zero-order valence-corrected chi connectivity index (χ0v) is 7.66. The average Bonchev–Trinajstić information content (AvgIpc) is 1.38. The van der Waals surface area contributed by atoms with Crippen molar-refractivity contribution in [2.75, 3.05) is 6.26 Å². The molecule has 0 unspecified atom stereocenters. The standard InChI is InChI=1S/C2H4O2S.K/c1-5-2(3)4;/h1H3,(H,3,4);/q;+1/p-1. The molecule has 2 nitrogen and oxygen atoms in total. The predicted molar refractivity (Wildman–Crippen MR) is 18.9 cm³/mol. The third kappa shape index (κ3) is 9.07. The maximum absolute atomic E-state index is 9.22. The van der Waals surface area contributed by atoms with E-state index in [1.165, 1.54) is 6.26 Å². The molecule has 6 heavy (non-hydrogen) atoms. The van der Waals surface area contributed by atoms with Gasteiger partial charge in [-0.05, 0) is 6.26 Å². The van der Waals surface area contributed by atoms with Crippen LogP contribution in [-0.4, -0.2) is 11.6 Å². The summed E-state index contributed by atoms with van der Waals surface area (Å²) in [5, 5.41) is 8.14. The van der Waals surface area contributed by atoms with Crippen molar-refractivity contribution < 1.29 is 61.3 Å². The van der Waals surface area contributed by atoms with Gasteiger partial charge in [-0.3, -0.25) is 0 Å². The molecule has 0 saturated carbocycles. The SMILES string of the molecule is CSC(=O)[O-].[K+]. The van der Waals surface area contributed by atoms with Gasteiger partial charge in [-0.15, -0.1) is 11.8 Å². The van der Waals surface area contributed by atoms with Gasteiger partial charge in [0.05, 0.1) is 5.30 Å². The molecule has 0 spiro atoms. The second-order valence-electron chi connectivity index (χ2n) is 0.454. The van der Waals surface area contributed by atoms with Crippen molar-refractivity contribution in [2.45, 2.75) is 0 Å². The molecule has 0 N–H and O–H groups in total. The number of thioether (sulfide) groups is 1. The number of carbonyl (C=O) groups is 1. The summed E-state index contributed by atoms with van der Waals surface area (Å²) in [4.78, 5) is 9.22. The van der Waals surface area contributed by atoms with Crippen molar-refractivity contribution in [1.82, 2.24) is 0 Å². The molecular formula is C2H3KO2S. The molecule has 0 aromatic heterocycles. The Morgan fingerprint density at radius 2 is 2.00 bits per heavy atom. The third-order valence-electron chi connectivity index (χ3n) is 0.167. The second kappa shape index (κ2) is 6.46. The molecule has 0 aliphatic heterocycles. The molecule has 4 heteroatoms. The fraction of sp³-hybridized carbons (Fsp3) is 0.500. The summed E-state index contributed by atoms with van der Waals surface area (Å²) in [6, 6.07) is 0. The molecule has 0 aliphatic carbocycles. The van der Waals surface area contributed by atoms with Gasteiger partial charge >= 0.3 is 51.4 Å². The maximum atomic E-state index is 9.22. The van der Waals surface area contributed by atoms with Crippen LogP contribution in [0, 0.1) is 0 Å². The summed E-state index contributed by atoms with van der Waals surface area (Å²) in [6.07, 6.45) is 1.45. The van der Waals surface area contributed by atoms with Crippen molar-refractivity contribution in [3.05, 3.63) is 0 Å². The van der Waals surface area contributed by atoms with Crippen molar-refractivity contribution in [3.63, 3.8) is 0 Å². The van der Waals surface area contributed by atoms with Gasteiger partial charge in [0.25, 0.3) is 0 Å². The van der Waals surface area contributed by atoms with Gasteiger partial charge in [-0.1, -0.05) is 0 Å². The third-order valence-corrected chi connectivity index (χ3v) is 0.500. The van der Waals surface area contributed by atoms with Gasteiger partial charge < -0.3 is 9.90 Å². The van der Waals surface area contributed by atoms with Crippen LogP contribution in [0.25, 0.3) is 0 Å². The topological polar surface area (TPSA) is 40.1 Å². The summed E-state index contributed by atoms with van der Waals surface area (Å²) in [7, 11) is 0. The minimum Gasteiger partial charge on any atom is -0.538 e. The Morgan fingerprint density at radius 1 is 1.83 bits per heavy atom. The molecule has 0 saturated heterocycles. The van der Waals surface area contributed by atoms with Gasteiger partial charge in [0.2, 0.25) is 0 Å². The van der Waals surface area contributed by atoms with Gasteiger partial charge in [-0.2, -0.15) is 0 Å². The molecule has 0 aromatic rings. The zero-order valence-electron chi connectivity index (χ0n) is 3.72. The minimum atomic E-state index is -1.08. The van der Waals surface area contributed by atoms with Crippen LogP contribution in [-0.2, 0) is 0 Å². The first-order valence-corrected chi connectivity index (χ1v) is 2.25. The van der Waals surface area contributed by atoms with Crippen LogP contribution < -0.4 is 56.5 Å². The molecule has 0 bridgehead atoms. The van der Waals surface area contributed by atoms with Crippen LogP contribution in [0.1, 0.15) is 0 Å². The van der Waals surface area contributed by atoms with E-state index < -0.39 is 5.30 Å². The Hall–Kier alpha value is 1.46. The summed E-state index contributed by atoms with van der Waals surface area (Å²) >= 11 is 0.685. The van der Waals surface area contributed by atoms with Gasteiger partial charge in [0, 0.05) is 0 Å². The van der Waals surface area contributed by atoms with Crippen LogP contribution in [0.15, 0.2) is 0 Å². The fourth-order valence-electron chi connectivity index (χ4n) is 0. The molecule has 0 rings (SSSR count). The first kappa shape index (κ1) is 10.4. The van der Waals surface area contributed by atoms with E-state index in [4.69, 9.17) is 0 Å². The molecule has 30 valence electrons. The van der Waals surface area contributed by atoms with E-state index >= 15 is 0 Å². The van der Waals surface area contributed by atoms with Crippen molar-refractivity contribution in [3.8, 4) is 0 Å². The normalized spacial score (nSPS) is 6.17. The van der Waals surface area contributed by atoms with Crippen molar-refractivity contribution >= 4 is 17.1 Å². The largest absolute Gasteiger partial charge is 1.00 e. The summed E-state index contributed by atoms with van der Waals surface area (Å²) in [5.74, 6) is 0. The predicted octanol–water partition coefficient (Wildman–Crippen LogP) is -3.30. The van der Waals surface area contributed by atoms with E-state index in [-0.39, 0.29) is 51.4 Å². The van der Waals surface area contributed by atoms with Crippen LogP contribution in [0.5, 0.6) is 0 Å². The van der Waals surface area contributed by atoms with E-state index in [1.807, 2.05) is 0 Å². The monoisotopic (exact) mass is 130 g/mol. The van der Waals surface area contributed by atoms with Crippen LogP contribution in [0.4, 0.5) is 4.79 Å². The molecule has 0 aliphatic rings. The van der Waals surface area contributed by atoms with Gasteiger partial charge in [0.15, 0.2) is 0 Å². The Kier molecular flexibility index (Phi) is 11.2. The van der Waals surface area contributed by atoms with Crippen LogP contribution in [0.2, 0.25) is 0 Å². The van der Waals surface area contributed by atoms with E-state index in [1.54, 1.807) is 0 Å². The number of rotatable bonds is 0. The van der Waals surface area contributed by atoms with Crippen molar-refractivity contribution in [1.29, 1.82) is 0 Å². The minimum absolute atomic E-state index is 0. The zero-order chi connectivity index (χ0) is 4.28. The molecule has 0 aromatic carbocycles. The van der Waals surface area contributed by atoms with Crippen LogP contribution in [0.3, 0.4) is 0 Å². The quantitative estimate of drug-likeness (QED) is 0.322. The molecule has 0 fully saturated rings. The van der Waals surface area contributed by atoms with Crippen molar-refractivity contribution in [2.24, 2.45) is 0 Å². The number of hydrogen-bond donors (Lipinski definition) is 0. The molecule has 0 heterocycles. The van der Waals surface area contributed by atoms with E-state index in [9.17, 15) is 9.90 Å². The number of carboxylic acid groups (broad SMARTS) is 1. The molecule has 0 amide bonds. The molecular weight excluding hydrogens is 127 g/mol. The summed E-state index contributed by atoms with van der Waals surface area (Å²) < 4.78 is 0.